The molecule has 1 aromatic rings. The van der Waals surface area contributed by atoms with E-state index in [0.717, 1.165) is 8.95 Å². The van der Waals surface area contributed by atoms with E-state index in [2.05, 4.69) is 31.9 Å². The molecule has 0 bridgehead atoms. The summed E-state index contributed by atoms with van der Waals surface area (Å²) in [5.74, 6) is 0. The normalized spacial score (nSPS) is 7.80. The van der Waals surface area contributed by atoms with Gasteiger partial charge in [-0.15, -0.1) is 0 Å². The van der Waals surface area contributed by atoms with Crippen molar-refractivity contribution >= 4 is 38.6 Å². The molecule has 3 heteroatoms. The first kappa shape index (κ1) is 9.85. The molecule has 0 unspecified atom stereocenters. The molecule has 0 N–H and O–H groups in total. The van der Waals surface area contributed by atoms with E-state index in [1.807, 2.05) is 31.1 Å². The number of benzene rings is 1. The maximum Gasteiger partial charge on any atom is 0.106 e. The fourth-order valence-electron chi connectivity index (χ4n) is 0.439. The second-order valence-electron chi connectivity index (χ2n) is 1.41. The van der Waals surface area contributed by atoms with Gasteiger partial charge in [-0.1, -0.05) is 12.1 Å². The van der Waals surface area contributed by atoms with Gasteiger partial charge in [-0.25, -0.2) is 0 Å². The molecule has 1 aromatic carbocycles. The zero-order valence-electron chi connectivity index (χ0n) is 5.18. The summed E-state index contributed by atoms with van der Waals surface area (Å²) in [5, 5.41) is 0. The van der Waals surface area contributed by atoms with Crippen LogP contribution in [0.25, 0.3) is 0 Å². The molecule has 0 radical (unpaired) electrons. The van der Waals surface area contributed by atoms with E-state index in [4.69, 9.17) is 4.79 Å². The molecule has 1 rings (SSSR count). The van der Waals surface area contributed by atoms with Crippen LogP contribution in [0.5, 0.6) is 0 Å². The Morgan fingerprint density at radius 1 is 1.00 bits per heavy atom. The fourth-order valence-corrected chi connectivity index (χ4v) is 1.01. The fraction of sp³-hybridized carbons (Fsp3) is 0. The maximum absolute atomic E-state index is 8.00. The Labute approximate surface area is 76.7 Å². The van der Waals surface area contributed by atoms with E-state index in [9.17, 15) is 0 Å². The van der Waals surface area contributed by atoms with Crippen LogP contribution in [-0.4, -0.2) is 6.79 Å². The molecule has 0 amide bonds. The number of halogens is 2. The van der Waals surface area contributed by atoms with Crippen molar-refractivity contribution in [3.05, 3.63) is 33.2 Å². The third kappa shape index (κ3) is 3.13. The highest BCUT2D eigenvalue weighted by Gasteiger charge is 1.88. The van der Waals surface area contributed by atoms with E-state index in [-0.39, 0.29) is 0 Å². The molecular weight excluding hydrogens is 260 g/mol. The van der Waals surface area contributed by atoms with Crippen LogP contribution in [0.3, 0.4) is 0 Å². The molecule has 0 atom stereocenters. The third-order valence-corrected chi connectivity index (χ3v) is 2.74. The smallest absolute Gasteiger partial charge is 0.106 e. The lowest BCUT2D eigenvalue weighted by Crippen LogP contribution is -1.63. The van der Waals surface area contributed by atoms with Crippen LogP contribution in [0, 0.1) is 0 Å². The minimum Gasteiger partial charge on any atom is -0.307 e. The van der Waals surface area contributed by atoms with Crippen molar-refractivity contribution in [1.82, 2.24) is 0 Å². The lowest BCUT2D eigenvalue weighted by atomic mass is 10.4. The van der Waals surface area contributed by atoms with E-state index < -0.39 is 0 Å². The zero-order chi connectivity index (χ0) is 7.98. The van der Waals surface area contributed by atoms with E-state index >= 15 is 0 Å². The molecule has 10 heavy (non-hydrogen) atoms. The van der Waals surface area contributed by atoms with Crippen molar-refractivity contribution in [2.75, 3.05) is 0 Å². The monoisotopic (exact) mass is 264 g/mol. The largest absolute Gasteiger partial charge is 0.307 e. The Bertz CT molecular complexity index is 180. The van der Waals surface area contributed by atoms with Crippen LogP contribution in [-0.2, 0) is 4.79 Å². The van der Waals surface area contributed by atoms with Gasteiger partial charge in [0.05, 0.1) is 0 Å². The predicted octanol–water partition coefficient (Wildman–Crippen LogP) is 3.03. The molecule has 0 saturated carbocycles. The Kier molecular flexibility index (Phi) is 5.54. The first-order valence-electron chi connectivity index (χ1n) is 2.49. The molecule has 0 saturated heterocycles. The average Bonchev–Trinajstić information content (AvgIpc) is 2.00. The zero-order valence-corrected chi connectivity index (χ0v) is 8.35. The first-order valence-corrected chi connectivity index (χ1v) is 4.08. The number of carbonyl (C=O) groups is 1. The number of carbonyl (C=O) groups excluding carboxylic acids is 1. The Morgan fingerprint density at radius 2 is 1.30 bits per heavy atom. The molecule has 0 fully saturated rings. The highest BCUT2D eigenvalue weighted by Crippen LogP contribution is 2.20. The summed E-state index contributed by atoms with van der Waals surface area (Å²) >= 11 is 6.70. The summed E-state index contributed by atoms with van der Waals surface area (Å²) in [6.07, 6.45) is 0. The highest BCUT2D eigenvalue weighted by atomic mass is 79.9. The maximum atomic E-state index is 8.00. The molecule has 0 spiro atoms. The second kappa shape index (κ2) is 5.62. The Balaban J connectivity index is 0.000000371. The topological polar surface area (TPSA) is 17.1 Å². The van der Waals surface area contributed by atoms with Crippen LogP contribution in [0.15, 0.2) is 33.2 Å². The van der Waals surface area contributed by atoms with E-state index in [0.29, 0.717) is 0 Å². The van der Waals surface area contributed by atoms with E-state index in [1.165, 1.54) is 0 Å². The summed E-state index contributed by atoms with van der Waals surface area (Å²) in [6.45, 7) is 2.00. The van der Waals surface area contributed by atoms with Crippen LogP contribution >= 0.6 is 31.9 Å². The van der Waals surface area contributed by atoms with Crippen molar-refractivity contribution in [2.24, 2.45) is 0 Å². The molecule has 0 aliphatic heterocycles. The molecule has 0 heterocycles. The van der Waals surface area contributed by atoms with Crippen molar-refractivity contribution in [2.45, 2.75) is 0 Å². The summed E-state index contributed by atoms with van der Waals surface area (Å²) < 4.78 is 2.19. The number of rotatable bonds is 0. The lowest BCUT2D eigenvalue weighted by molar-refractivity contribution is -0.0979. The highest BCUT2D eigenvalue weighted by molar-refractivity contribution is 9.13. The van der Waals surface area contributed by atoms with Crippen molar-refractivity contribution in [3.8, 4) is 0 Å². The summed E-state index contributed by atoms with van der Waals surface area (Å²) in [4.78, 5) is 8.00. The standard InChI is InChI=1S/C6H4Br2.CH2O/c7-5-3-1-2-4-6(5)8;1-2/h1-4H;1H2. The third-order valence-electron chi connectivity index (χ3n) is 0.824. The van der Waals surface area contributed by atoms with Crippen molar-refractivity contribution in [1.29, 1.82) is 0 Å². The van der Waals surface area contributed by atoms with Gasteiger partial charge < -0.3 is 4.79 Å². The quantitative estimate of drug-likeness (QED) is 0.705. The van der Waals surface area contributed by atoms with Gasteiger partial charge in [-0.3, -0.25) is 0 Å². The van der Waals surface area contributed by atoms with Crippen LogP contribution in [0.1, 0.15) is 0 Å². The van der Waals surface area contributed by atoms with Crippen LogP contribution < -0.4 is 0 Å². The van der Waals surface area contributed by atoms with Gasteiger partial charge in [-0.2, -0.15) is 0 Å². The Morgan fingerprint density at radius 3 is 1.50 bits per heavy atom. The summed E-state index contributed by atoms with van der Waals surface area (Å²) in [7, 11) is 0. The van der Waals surface area contributed by atoms with Crippen molar-refractivity contribution < 1.29 is 4.79 Å². The first-order chi connectivity index (χ1) is 4.80. The van der Waals surface area contributed by atoms with Gasteiger partial charge in [-0.05, 0) is 44.0 Å². The molecule has 1 nitrogen and oxygen atoms in total. The number of hydrogen-bond donors (Lipinski definition) is 0. The van der Waals surface area contributed by atoms with Gasteiger partial charge in [0.25, 0.3) is 0 Å². The minimum atomic E-state index is 1.10. The average molecular weight is 266 g/mol. The summed E-state index contributed by atoms with van der Waals surface area (Å²) in [6, 6.07) is 7.94. The molecule has 0 aromatic heterocycles. The number of hydrogen-bond acceptors (Lipinski definition) is 1. The SMILES string of the molecule is Brc1ccccc1Br.C=O. The Hall–Kier alpha value is -0.150. The van der Waals surface area contributed by atoms with Crippen LogP contribution in [0.2, 0.25) is 0 Å². The molecule has 0 aliphatic carbocycles. The van der Waals surface area contributed by atoms with Gasteiger partial charge in [0, 0.05) is 8.95 Å². The second-order valence-corrected chi connectivity index (χ2v) is 3.12. The predicted molar refractivity (Wildman–Crippen MR) is 49.0 cm³/mol. The molecular formula is C7H6Br2O. The van der Waals surface area contributed by atoms with Crippen LogP contribution in [0.4, 0.5) is 0 Å². The molecule has 0 aliphatic rings. The lowest BCUT2D eigenvalue weighted by Gasteiger charge is -1.89. The van der Waals surface area contributed by atoms with Gasteiger partial charge in [0.1, 0.15) is 6.79 Å². The van der Waals surface area contributed by atoms with Gasteiger partial charge in [0.2, 0.25) is 0 Å². The minimum absolute atomic E-state index is 1.10. The van der Waals surface area contributed by atoms with Gasteiger partial charge in [0.15, 0.2) is 0 Å². The summed E-state index contributed by atoms with van der Waals surface area (Å²) in [5.41, 5.74) is 0. The van der Waals surface area contributed by atoms with Crippen molar-refractivity contribution in [3.63, 3.8) is 0 Å². The van der Waals surface area contributed by atoms with Gasteiger partial charge >= 0.3 is 0 Å². The van der Waals surface area contributed by atoms with E-state index in [1.54, 1.807) is 0 Å². The molecule has 54 valence electrons.